The number of halogens is 1. The molecule has 0 unspecified atom stereocenters. The van der Waals surface area contributed by atoms with Gasteiger partial charge >= 0.3 is 0 Å². The Hall–Kier alpha value is -1.10. The third-order valence-electron chi connectivity index (χ3n) is 2.91. The second kappa shape index (κ2) is 6.89. The predicted octanol–water partition coefficient (Wildman–Crippen LogP) is 4.36. The summed E-state index contributed by atoms with van der Waals surface area (Å²) in [6, 6.07) is 5.45. The lowest BCUT2D eigenvalue weighted by molar-refractivity contribution is -0.384. The molecule has 1 rings (SSSR count). The van der Waals surface area contributed by atoms with Gasteiger partial charge in [0.15, 0.2) is 0 Å². The van der Waals surface area contributed by atoms with E-state index in [1.165, 1.54) is 0 Å². The molecule has 1 aromatic rings. The molecule has 0 atom stereocenters. The summed E-state index contributed by atoms with van der Waals surface area (Å²) in [6.45, 7) is 9.57. The number of nitro benzene ring substituents is 1. The van der Waals surface area contributed by atoms with Crippen LogP contribution in [0.15, 0.2) is 18.2 Å². The maximum Gasteiger partial charge on any atom is 0.269 e. The van der Waals surface area contributed by atoms with E-state index < -0.39 is 0 Å². The van der Waals surface area contributed by atoms with Gasteiger partial charge in [0.25, 0.3) is 5.69 Å². The number of nitrogens with zero attached hydrogens (tertiary/aromatic N) is 2. The van der Waals surface area contributed by atoms with Gasteiger partial charge in [-0.05, 0) is 31.4 Å². The Morgan fingerprint density at radius 2 is 1.95 bits per heavy atom. The van der Waals surface area contributed by atoms with Crippen LogP contribution < -0.4 is 4.90 Å². The second-order valence-corrected chi connectivity index (χ2v) is 5.90. The second-order valence-electron chi connectivity index (χ2n) is 5.34. The molecule has 0 spiro atoms. The summed E-state index contributed by atoms with van der Waals surface area (Å²) >= 11 is 3.43. The van der Waals surface area contributed by atoms with Crippen LogP contribution in [0.4, 0.5) is 11.4 Å². The molecular formula is C14H21BrN2O2. The van der Waals surface area contributed by atoms with Gasteiger partial charge in [-0.15, -0.1) is 0 Å². The molecule has 0 bridgehead atoms. The van der Waals surface area contributed by atoms with Gasteiger partial charge in [0.1, 0.15) is 0 Å². The summed E-state index contributed by atoms with van der Waals surface area (Å²) in [5.41, 5.74) is 2.18. The van der Waals surface area contributed by atoms with Crippen LogP contribution in [0.5, 0.6) is 0 Å². The molecule has 0 N–H and O–H groups in total. The first-order valence-electron chi connectivity index (χ1n) is 6.46. The summed E-state index contributed by atoms with van der Waals surface area (Å²) in [4.78, 5) is 12.8. The number of hydrogen-bond donors (Lipinski definition) is 0. The van der Waals surface area contributed by atoms with E-state index in [0.29, 0.717) is 17.3 Å². The third-order valence-corrected chi connectivity index (χ3v) is 3.52. The highest BCUT2D eigenvalue weighted by molar-refractivity contribution is 9.08. The Balaban J connectivity index is 3.19. The Morgan fingerprint density at radius 1 is 1.32 bits per heavy atom. The minimum absolute atomic E-state index is 0.145. The topological polar surface area (TPSA) is 46.4 Å². The Kier molecular flexibility index (Phi) is 5.79. The zero-order valence-corrected chi connectivity index (χ0v) is 13.5. The van der Waals surface area contributed by atoms with Crippen molar-refractivity contribution in [1.29, 1.82) is 0 Å². The van der Waals surface area contributed by atoms with Crippen molar-refractivity contribution in [2.75, 3.05) is 11.4 Å². The van der Waals surface area contributed by atoms with Gasteiger partial charge in [-0.25, -0.2) is 0 Å². The van der Waals surface area contributed by atoms with Gasteiger partial charge < -0.3 is 4.90 Å². The Morgan fingerprint density at radius 3 is 2.37 bits per heavy atom. The lowest BCUT2D eigenvalue weighted by Gasteiger charge is -2.32. The van der Waals surface area contributed by atoms with Gasteiger partial charge in [-0.2, -0.15) is 0 Å². The van der Waals surface area contributed by atoms with E-state index in [-0.39, 0.29) is 10.6 Å². The minimum atomic E-state index is -0.349. The average molecular weight is 329 g/mol. The molecular weight excluding hydrogens is 308 g/mol. The number of alkyl halides is 1. The number of anilines is 1. The molecule has 0 amide bonds. The van der Waals surface area contributed by atoms with Crippen LogP contribution in [-0.2, 0) is 5.33 Å². The normalized spacial score (nSPS) is 11.1. The van der Waals surface area contributed by atoms with Crippen LogP contribution in [0.2, 0.25) is 0 Å². The zero-order valence-electron chi connectivity index (χ0n) is 11.9. The Labute approximate surface area is 123 Å². The van der Waals surface area contributed by atoms with Gasteiger partial charge in [-0.3, -0.25) is 10.1 Å². The predicted molar refractivity (Wildman–Crippen MR) is 83.0 cm³/mol. The number of nitro groups is 1. The molecule has 4 nitrogen and oxygen atoms in total. The lowest BCUT2D eigenvalue weighted by Crippen LogP contribution is -2.34. The molecule has 0 aromatic heterocycles. The molecule has 0 heterocycles. The van der Waals surface area contributed by atoms with E-state index in [1.54, 1.807) is 12.1 Å². The average Bonchev–Trinajstić information content (AvgIpc) is 2.34. The van der Waals surface area contributed by atoms with Gasteiger partial charge in [0.2, 0.25) is 0 Å². The molecule has 0 aliphatic rings. The largest absolute Gasteiger partial charge is 0.369 e. The fraction of sp³-hybridized carbons (Fsp3) is 0.571. The van der Waals surface area contributed by atoms with Crippen LogP contribution in [-0.4, -0.2) is 17.5 Å². The molecule has 0 saturated carbocycles. The van der Waals surface area contributed by atoms with Crippen molar-refractivity contribution in [3.63, 3.8) is 0 Å². The monoisotopic (exact) mass is 328 g/mol. The molecule has 19 heavy (non-hydrogen) atoms. The van der Waals surface area contributed by atoms with Crippen LogP contribution >= 0.6 is 15.9 Å². The zero-order chi connectivity index (χ0) is 14.6. The van der Waals surface area contributed by atoms with Crippen molar-refractivity contribution in [1.82, 2.24) is 0 Å². The van der Waals surface area contributed by atoms with Crippen LogP contribution in [0, 0.1) is 16.0 Å². The van der Waals surface area contributed by atoms with Gasteiger partial charge in [-0.1, -0.05) is 29.8 Å². The fourth-order valence-electron chi connectivity index (χ4n) is 2.05. The van der Waals surface area contributed by atoms with E-state index >= 15 is 0 Å². The van der Waals surface area contributed by atoms with E-state index in [0.717, 1.165) is 17.8 Å². The number of hydrogen-bond acceptors (Lipinski definition) is 3. The standard InChI is InChI=1S/C14H21BrN2O2/c1-10(2)9-16(11(3)4)14-6-5-13(17(18)19)7-12(14)8-15/h5-7,10-11H,8-9H2,1-4H3. The summed E-state index contributed by atoms with van der Waals surface area (Å²) in [6.07, 6.45) is 0. The van der Waals surface area contributed by atoms with E-state index in [1.807, 2.05) is 6.07 Å². The third kappa shape index (κ3) is 4.20. The molecule has 0 fully saturated rings. The molecule has 0 aliphatic carbocycles. The van der Waals surface area contributed by atoms with Crippen LogP contribution in [0.3, 0.4) is 0 Å². The quantitative estimate of drug-likeness (QED) is 0.442. The maximum absolute atomic E-state index is 10.8. The molecule has 0 radical (unpaired) electrons. The number of rotatable bonds is 6. The van der Waals surface area contributed by atoms with Crippen molar-refractivity contribution < 1.29 is 4.92 Å². The SMILES string of the molecule is CC(C)CN(c1ccc([N+](=O)[O-])cc1CBr)C(C)C. The first kappa shape index (κ1) is 16.0. The summed E-state index contributed by atoms with van der Waals surface area (Å²) in [7, 11) is 0. The molecule has 1 aromatic carbocycles. The number of benzene rings is 1. The summed E-state index contributed by atoms with van der Waals surface area (Å²) in [5.74, 6) is 0.542. The van der Waals surface area contributed by atoms with E-state index in [4.69, 9.17) is 0 Å². The van der Waals surface area contributed by atoms with Crippen molar-refractivity contribution >= 4 is 27.3 Å². The number of non-ortho nitro benzene ring substituents is 1. The highest BCUT2D eigenvalue weighted by Crippen LogP contribution is 2.29. The highest BCUT2D eigenvalue weighted by Gasteiger charge is 2.18. The van der Waals surface area contributed by atoms with Gasteiger partial charge in [0.05, 0.1) is 4.92 Å². The molecule has 106 valence electrons. The smallest absolute Gasteiger partial charge is 0.269 e. The van der Waals surface area contributed by atoms with Crippen molar-refractivity contribution in [2.45, 2.75) is 39.1 Å². The highest BCUT2D eigenvalue weighted by atomic mass is 79.9. The van der Waals surface area contributed by atoms with Crippen LogP contribution in [0.1, 0.15) is 33.3 Å². The van der Waals surface area contributed by atoms with Crippen molar-refractivity contribution in [2.24, 2.45) is 5.92 Å². The summed E-state index contributed by atoms with van der Waals surface area (Å²) < 4.78 is 0. The maximum atomic E-state index is 10.8. The van der Waals surface area contributed by atoms with E-state index in [2.05, 4.69) is 48.5 Å². The molecule has 0 saturated heterocycles. The summed E-state index contributed by atoms with van der Waals surface area (Å²) in [5, 5.41) is 11.5. The first-order chi connectivity index (χ1) is 8.86. The minimum Gasteiger partial charge on any atom is -0.369 e. The lowest BCUT2D eigenvalue weighted by atomic mass is 10.1. The van der Waals surface area contributed by atoms with E-state index in [9.17, 15) is 10.1 Å². The fourth-order valence-corrected chi connectivity index (χ4v) is 2.50. The molecule has 5 heteroatoms. The van der Waals surface area contributed by atoms with Crippen LogP contribution in [0.25, 0.3) is 0 Å². The van der Waals surface area contributed by atoms with Gasteiger partial charge in [0, 0.05) is 35.7 Å². The van der Waals surface area contributed by atoms with Crippen molar-refractivity contribution in [3.05, 3.63) is 33.9 Å². The Bertz CT molecular complexity index is 447. The van der Waals surface area contributed by atoms with Crippen molar-refractivity contribution in [3.8, 4) is 0 Å². The first-order valence-corrected chi connectivity index (χ1v) is 7.58. The molecule has 0 aliphatic heterocycles.